The van der Waals surface area contributed by atoms with E-state index >= 15 is 0 Å². The van der Waals surface area contributed by atoms with E-state index in [1.165, 1.54) is 6.92 Å². The van der Waals surface area contributed by atoms with E-state index in [9.17, 15) is 24.3 Å². The van der Waals surface area contributed by atoms with Crippen molar-refractivity contribution < 1.29 is 28.8 Å². The highest BCUT2D eigenvalue weighted by molar-refractivity contribution is 5.93. The second-order valence-electron chi connectivity index (χ2n) is 9.30. The van der Waals surface area contributed by atoms with Crippen molar-refractivity contribution in [1.29, 1.82) is 0 Å². The summed E-state index contributed by atoms with van der Waals surface area (Å²) in [4.78, 5) is 52.7. The second-order valence-corrected chi connectivity index (χ2v) is 9.30. The van der Waals surface area contributed by atoms with Crippen LogP contribution in [0.15, 0.2) is 4.99 Å². The van der Waals surface area contributed by atoms with Gasteiger partial charge in [-0.25, -0.2) is 0 Å². The maximum Gasteiger partial charge on any atom is 0.243 e. The molecule has 0 aliphatic heterocycles. The number of aliphatic hydroxyl groups is 1. The number of nitrogens with two attached hydrogens (primary N) is 3. The van der Waals surface area contributed by atoms with Crippen LogP contribution in [0.3, 0.4) is 0 Å². The van der Waals surface area contributed by atoms with Gasteiger partial charge in [0.1, 0.15) is 24.4 Å². The molecule has 0 unspecified atom stereocenters. The number of rotatable bonds is 17. The van der Waals surface area contributed by atoms with Crippen LogP contribution >= 0.6 is 0 Å². The molecule has 0 aromatic rings. The number of unbranched alkanes of at least 4 members (excludes halogenated alkanes) is 1. The summed E-state index contributed by atoms with van der Waals surface area (Å²) < 4.78 is 0.752. The smallest absolute Gasteiger partial charge is 0.243 e. The predicted molar refractivity (Wildman–Crippen MR) is 129 cm³/mol. The van der Waals surface area contributed by atoms with E-state index in [1.54, 1.807) is 0 Å². The highest BCUT2D eigenvalue weighted by atomic mass is 16.3. The summed E-state index contributed by atoms with van der Waals surface area (Å²) in [5.74, 6) is -1.77. The molecule has 0 saturated carbocycles. The molecule has 0 fully saturated rings. The Bertz CT molecular complexity index is 689. The lowest BCUT2D eigenvalue weighted by Crippen LogP contribution is -2.56. The molecule has 0 aliphatic rings. The normalized spacial score (nSPS) is 14.8. The standard InChI is InChI=1S/C21H42N8O5/c1-14(22)18(32)27-17(9-7-10-25-21(23)24)20(34)28-16(8-5-6-11-29(2,3)4)19(33)26-15(12-30)13-31/h12,14-17,31H,5-11,13,22H2,1-4H3,(H6-,23,24,25,26,27,28,32,33,34)/p+1/t14-,15+,16-,17-/m0/s1. The first-order valence-electron chi connectivity index (χ1n) is 11.4. The molecule has 13 nitrogen and oxygen atoms in total. The van der Waals surface area contributed by atoms with Crippen LogP contribution in [-0.2, 0) is 19.2 Å². The van der Waals surface area contributed by atoms with Gasteiger partial charge < -0.3 is 47.5 Å². The molecule has 0 saturated heterocycles. The molecule has 0 heterocycles. The second kappa shape index (κ2) is 16.0. The maximum atomic E-state index is 13.0. The monoisotopic (exact) mass is 487 g/mol. The average molecular weight is 488 g/mol. The highest BCUT2D eigenvalue weighted by Crippen LogP contribution is 2.07. The number of hydrogen-bond donors (Lipinski definition) is 7. The van der Waals surface area contributed by atoms with Crippen LogP contribution < -0.4 is 33.2 Å². The number of aldehydes is 1. The fourth-order valence-corrected chi connectivity index (χ4v) is 2.96. The number of nitrogens with one attached hydrogen (secondary N) is 3. The quantitative estimate of drug-likeness (QED) is 0.0366. The molecule has 3 amide bonds. The van der Waals surface area contributed by atoms with Gasteiger partial charge in [-0.3, -0.25) is 19.4 Å². The maximum absolute atomic E-state index is 13.0. The topological polar surface area (TPSA) is 215 Å². The van der Waals surface area contributed by atoms with Crippen molar-refractivity contribution in [2.75, 3.05) is 40.8 Å². The Hall–Kier alpha value is -2.77. The zero-order valence-electron chi connectivity index (χ0n) is 20.8. The number of amides is 3. The molecule has 0 spiro atoms. The summed E-state index contributed by atoms with van der Waals surface area (Å²) in [7, 11) is 6.15. The van der Waals surface area contributed by atoms with Crippen molar-refractivity contribution >= 4 is 30.0 Å². The zero-order chi connectivity index (χ0) is 26.3. The largest absolute Gasteiger partial charge is 0.394 e. The van der Waals surface area contributed by atoms with Crippen LogP contribution in [0, 0.1) is 0 Å². The summed E-state index contributed by atoms with van der Waals surface area (Å²) in [5.41, 5.74) is 16.2. The van der Waals surface area contributed by atoms with E-state index in [4.69, 9.17) is 17.2 Å². The van der Waals surface area contributed by atoms with E-state index in [0.717, 1.165) is 17.4 Å². The SMILES string of the molecule is C[C@H](N)C(=O)N[C@@H](CCCN=C(N)N)C(=O)N[C@@H](CCCC[N+](C)(C)C)C(=O)N[C@H](C=O)CO. The number of nitrogens with zero attached hydrogens (tertiary/aromatic N) is 2. The molecule has 196 valence electrons. The number of carbonyl (C=O) groups excluding carboxylic acids is 4. The van der Waals surface area contributed by atoms with E-state index < -0.39 is 48.5 Å². The van der Waals surface area contributed by atoms with Gasteiger partial charge in [0.15, 0.2) is 5.96 Å². The number of guanidine groups is 1. The van der Waals surface area contributed by atoms with E-state index in [0.29, 0.717) is 25.5 Å². The van der Waals surface area contributed by atoms with Gasteiger partial charge in [-0.15, -0.1) is 0 Å². The third kappa shape index (κ3) is 14.4. The first-order valence-corrected chi connectivity index (χ1v) is 11.4. The minimum absolute atomic E-state index is 0.0835. The van der Waals surface area contributed by atoms with Gasteiger partial charge in [0.25, 0.3) is 0 Å². The number of carbonyl (C=O) groups is 4. The molecule has 10 N–H and O–H groups in total. The van der Waals surface area contributed by atoms with Gasteiger partial charge in [-0.2, -0.15) is 0 Å². The van der Waals surface area contributed by atoms with Gasteiger partial charge >= 0.3 is 0 Å². The van der Waals surface area contributed by atoms with Crippen molar-refractivity contribution in [1.82, 2.24) is 16.0 Å². The summed E-state index contributed by atoms with van der Waals surface area (Å²) in [6, 6.07) is -3.83. The lowest BCUT2D eigenvalue weighted by molar-refractivity contribution is -0.870. The van der Waals surface area contributed by atoms with Gasteiger partial charge in [-0.1, -0.05) is 0 Å². The fourth-order valence-electron chi connectivity index (χ4n) is 2.96. The molecule has 0 radical (unpaired) electrons. The summed E-state index contributed by atoms with van der Waals surface area (Å²) in [5, 5.41) is 16.9. The number of aliphatic hydroxyl groups excluding tert-OH is 1. The minimum atomic E-state index is -1.08. The van der Waals surface area contributed by atoms with Gasteiger partial charge in [-0.05, 0) is 39.0 Å². The lowest BCUT2D eigenvalue weighted by atomic mass is 10.1. The Kier molecular flexibility index (Phi) is 14.7. The van der Waals surface area contributed by atoms with Gasteiger partial charge in [0, 0.05) is 6.54 Å². The van der Waals surface area contributed by atoms with Gasteiger partial charge in [0.2, 0.25) is 17.7 Å². The molecule has 4 atom stereocenters. The molecular weight excluding hydrogens is 444 g/mol. The van der Waals surface area contributed by atoms with Crippen LogP contribution in [0.1, 0.15) is 39.0 Å². The zero-order valence-corrected chi connectivity index (χ0v) is 20.8. The lowest BCUT2D eigenvalue weighted by Gasteiger charge is -2.26. The van der Waals surface area contributed by atoms with Crippen LogP contribution in [0.25, 0.3) is 0 Å². The molecule has 0 aromatic heterocycles. The molecule has 0 bridgehead atoms. The number of aliphatic imine (C=N–C) groups is 1. The molecule has 0 rings (SSSR count). The van der Waals surface area contributed by atoms with E-state index in [-0.39, 0.29) is 18.9 Å². The highest BCUT2D eigenvalue weighted by Gasteiger charge is 2.28. The fraction of sp³-hybridized carbons (Fsp3) is 0.762. The summed E-state index contributed by atoms with van der Waals surface area (Å²) in [6.07, 6.45) is 2.79. The van der Waals surface area contributed by atoms with E-state index in [2.05, 4.69) is 42.1 Å². The van der Waals surface area contributed by atoms with Crippen molar-refractivity contribution in [2.24, 2.45) is 22.2 Å². The molecular formula is C21H43N8O5+. The Balaban J connectivity index is 5.39. The number of quaternary nitrogens is 1. The Morgan fingerprint density at radius 2 is 1.47 bits per heavy atom. The summed E-state index contributed by atoms with van der Waals surface area (Å²) >= 11 is 0. The molecule has 34 heavy (non-hydrogen) atoms. The van der Waals surface area contributed by atoms with Crippen molar-refractivity contribution in [3.8, 4) is 0 Å². The molecule has 13 heteroatoms. The van der Waals surface area contributed by atoms with Crippen LogP contribution in [0.4, 0.5) is 0 Å². The number of hydrogen-bond acceptors (Lipinski definition) is 7. The third-order valence-electron chi connectivity index (χ3n) is 4.89. The molecule has 0 aliphatic carbocycles. The van der Waals surface area contributed by atoms with E-state index in [1.807, 2.05) is 0 Å². The summed E-state index contributed by atoms with van der Waals surface area (Å²) in [6.45, 7) is 2.05. The molecule has 0 aromatic carbocycles. The van der Waals surface area contributed by atoms with Crippen molar-refractivity contribution in [2.45, 2.75) is 63.2 Å². The first kappa shape index (κ1) is 31.2. The Labute approximate surface area is 201 Å². The van der Waals surface area contributed by atoms with Crippen LogP contribution in [-0.4, -0.2) is 105 Å². The van der Waals surface area contributed by atoms with Crippen molar-refractivity contribution in [3.05, 3.63) is 0 Å². The van der Waals surface area contributed by atoms with Crippen LogP contribution in [0.5, 0.6) is 0 Å². The van der Waals surface area contributed by atoms with Gasteiger partial charge in [0.05, 0.1) is 40.3 Å². The third-order valence-corrected chi connectivity index (χ3v) is 4.89. The van der Waals surface area contributed by atoms with Crippen molar-refractivity contribution in [3.63, 3.8) is 0 Å². The Morgan fingerprint density at radius 3 is 1.94 bits per heavy atom. The average Bonchev–Trinajstić information content (AvgIpc) is 2.74. The Morgan fingerprint density at radius 1 is 0.941 bits per heavy atom. The minimum Gasteiger partial charge on any atom is -0.394 e. The first-order chi connectivity index (χ1) is 15.8. The predicted octanol–water partition coefficient (Wildman–Crippen LogP) is -3.09. The van der Waals surface area contributed by atoms with Crippen LogP contribution in [0.2, 0.25) is 0 Å².